The lowest BCUT2D eigenvalue weighted by Crippen LogP contribution is -2.34. The van der Waals surface area contributed by atoms with Crippen LogP contribution in [0.1, 0.15) is 25.7 Å². The van der Waals surface area contributed by atoms with E-state index in [-0.39, 0.29) is 5.41 Å². The van der Waals surface area contributed by atoms with Crippen molar-refractivity contribution in [3.63, 3.8) is 0 Å². The summed E-state index contributed by atoms with van der Waals surface area (Å²) in [7, 11) is 0. The Morgan fingerprint density at radius 1 is 1.41 bits per heavy atom. The molecule has 1 aliphatic rings. The molecule has 0 atom stereocenters. The van der Waals surface area contributed by atoms with E-state index in [4.69, 9.17) is 5.73 Å². The minimum absolute atomic E-state index is 0.282. The molecular formula is C12H20N4S. The number of anilines is 1. The summed E-state index contributed by atoms with van der Waals surface area (Å²) >= 11 is 1.63. The predicted molar refractivity (Wildman–Crippen MR) is 72.3 cm³/mol. The van der Waals surface area contributed by atoms with Gasteiger partial charge < -0.3 is 11.1 Å². The standard InChI is InChI=1S/C12H20N4S/c1-17-11-6-10(15-9-16-11)14-8-12(7-13)4-2-3-5-12/h6,9H,2-5,7-8,13H2,1H3,(H,14,15,16). The largest absolute Gasteiger partial charge is 0.369 e. The molecule has 1 aromatic heterocycles. The molecule has 0 saturated heterocycles. The molecule has 1 heterocycles. The van der Waals surface area contributed by atoms with Gasteiger partial charge in [-0.25, -0.2) is 9.97 Å². The Morgan fingerprint density at radius 3 is 2.82 bits per heavy atom. The first-order valence-corrected chi connectivity index (χ1v) is 7.30. The first kappa shape index (κ1) is 12.6. The second-order valence-electron chi connectivity index (χ2n) is 4.71. The third-order valence-corrected chi connectivity index (χ3v) is 4.23. The van der Waals surface area contributed by atoms with Crippen molar-refractivity contribution in [3.05, 3.63) is 12.4 Å². The second kappa shape index (κ2) is 5.69. The van der Waals surface area contributed by atoms with Crippen LogP contribution in [0.2, 0.25) is 0 Å². The van der Waals surface area contributed by atoms with Gasteiger partial charge >= 0.3 is 0 Å². The average molecular weight is 252 g/mol. The Labute approximate surface area is 107 Å². The molecule has 0 spiro atoms. The van der Waals surface area contributed by atoms with Crippen LogP contribution in [0, 0.1) is 5.41 Å². The first-order valence-electron chi connectivity index (χ1n) is 6.08. The third kappa shape index (κ3) is 3.10. The highest BCUT2D eigenvalue weighted by Crippen LogP contribution is 2.37. The molecule has 3 N–H and O–H groups in total. The lowest BCUT2D eigenvalue weighted by Gasteiger charge is -2.27. The molecule has 0 amide bonds. The van der Waals surface area contributed by atoms with Crippen LogP contribution < -0.4 is 11.1 Å². The first-order chi connectivity index (χ1) is 8.28. The van der Waals surface area contributed by atoms with E-state index in [0.29, 0.717) is 0 Å². The van der Waals surface area contributed by atoms with E-state index >= 15 is 0 Å². The minimum atomic E-state index is 0.282. The number of hydrogen-bond acceptors (Lipinski definition) is 5. The SMILES string of the molecule is CSc1cc(NCC2(CN)CCCC2)ncn1. The summed E-state index contributed by atoms with van der Waals surface area (Å²) in [6.07, 6.45) is 8.70. The number of rotatable bonds is 5. The van der Waals surface area contributed by atoms with Crippen LogP contribution in [-0.2, 0) is 0 Å². The van der Waals surface area contributed by atoms with Crippen molar-refractivity contribution in [1.29, 1.82) is 0 Å². The number of aromatic nitrogens is 2. The molecule has 0 aromatic carbocycles. The van der Waals surface area contributed by atoms with Gasteiger partial charge in [-0.2, -0.15) is 0 Å². The number of thioether (sulfide) groups is 1. The van der Waals surface area contributed by atoms with Crippen LogP contribution in [0.25, 0.3) is 0 Å². The van der Waals surface area contributed by atoms with Crippen LogP contribution in [0.3, 0.4) is 0 Å². The predicted octanol–water partition coefficient (Wildman–Crippen LogP) is 2.13. The number of hydrogen-bond donors (Lipinski definition) is 2. The van der Waals surface area contributed by atoms with Gasteiger partial charge in [0, 0.05) is 12.6 Å². The molecule has 1 saturated carbocycles. The second-order valence-corrected chi connectivity index (χ2v) is 5.54. The summed E-state index contributed by atoms with van der Waals surface area (Å²) in [5.74, 6) is 0.907. The number of nitrogens with zero attached hydrogens (tertiary/aromatic N) is 2. The van der Waals surface area contributed by atoms with Gasteiger partial charge in [0.25, 0.3) is 0 Å². The van der Waals surface area contributed by atoms with Crippen LogP contribution in [-0.4, -0.2) is 29.3 Å². The highest BCUT2D eigenvalue weighted by atomic mass is 32.2. The van der Waals surface area contributed by atoms with Crippen LogP contribution in [0.4, 0.5) is 5.82 Å². The fraction of sp³-hybridized carbons (Fsp3) is 0.667. The number of nitrogens with one attached hydrogen (secondary N) is 1. The van der Waals surface area contributed by atoms with E-state index < -0.39 is 0 Å². The van der Waals surface area contributed by atoms with E-state index in [1.54, 1.807) is 18.1 Å². The fourth-order valence-electron chi connectivity index (χ4n) is 2.40. The van der Waals surface area contributed by atoms with Gasteiger partial charge in [0.15, 0.2) is 0 Å². The molecule has 0 bridgehead atoms. The van der Waals surface area contributed by atoms with Crippen molar-refractivity contribution >= 4 is 17.6 Å². The maximum Gasteiger partial charge on any atom is 0.130 e. The van der Waals surface area contributed by atoms with Crippen molar-refractivity contribution in [1.82, 2.24) is 9.97 Å². The van der Waals surface area contributed by atoms with E-state index in [0.717, 1.165) is 23.9 Å². The smallest absolute Gasteiger partial charge is 0.130 e. The van der Waals surface area contributed by atoms with Gasteiger partial charge in [-0.3, -0.25) is 0 Å². The summed E-state index contributed by atoms with van der Waals surface area (Å²) in [6.45, 7) is 1.69. The molecule has 0 radical (unpaired) electrons. The minimum Gasteiger partial charge on any atom is -0.369 e. The van der Waals surface area contributed by atoms with Crippen molar-refractivity contribution in [3.8, 4) is 0 Å². The molecule has 5 heteroatoms. The van der Waals surface area contributed by atoms with Crippen molar-refractivity contribution in [2.24, 2.45) is 11.1 Å². The Kier molecular flexibility index (Phi) is 4.23. The van der Waals surface area contributed by atoms with Crippen LogP contribution in [0.5, 0.6) is 0 Å². The summed E-state index contributed by atoms with van der Waals surface area (Å²) in [4.78, 5) is 8.40. The van der Waals surface area contributed by atoms with Gasteiger partial charge in [0.2, 0.25) is 0 Å². The quantitative estimate of drug-likeness (QED) is 0.621. The monoisotopic (exact) mass is 252 g/mol. The van der Waals surface area contributed by atoms with Gasteiger partial charge in [-0.1, -0.05) is 12.8 Å². The molecule has 0 unspecified atom stereocenters. The summed E-state index contributed by atoms with van der Waals surface area (Å²) < 4.78 is 0. The van der Waals surface area contributed by atoms with E-state index in [9.17, 15) is 0 Å². The Bertz CT molecular complexity index is 363. The Morgan fingerprint density at radius 2 is 2.18 bits per heavy atom. The van der Waals surface area contributed by atoms with Crippen LogP contribution >= 0.6 is 11.8 Å². The molecule has 4 nitrogen and oxygen atoms in total. The van der Waals surface area contributed by atoms with E-state index in [2.05, 4.69) is 15.3 Å². The van der Waals surface area contributed by atoms with Crippen molar-refractivity contribution in [2.45, 2.75) is 30.7 Å². The van der Waals surface area contributed by atoms with Crippen molar-refractivity contribution in [2.75, 3.05) is 24.7 Å². The van der Waals surface area contributed by atoms with Crippen LogP contribution in [0.15, 0.2) is 17.4 Å². The topological polar surface area (TPSA) is 63.8 Å². The summed E-state index contributed by atoms with van der Waals surface area (Å²) in [5, 5.41) is 4.40. The zero-order valence-electron chi connectivity index (χ0n) is 10.3. The van der Waals surface area contributed by atoms with Crippen molar-refractivity contribution < 1.29 is 0 Å². The fourth-order valence-corrected chi connectivity index (χ4v) is 2.79. The lowest BCUT2D eigenvalue weighted by molar-refractivity contribution is 0.332. The molecular weight excluding hydrogens is 232 g/mol. The molecule has 2 rings (SSSR count). The van der Waals surface area contributed by atoms with Gasteiger partial charge in [0.05, 0.1) is 0 Å². The van der Waals surface area contributed by atoms with Gasteiger partial charge in [0.1, 0.15) is 17.2 Å². The molecule has 94 valence electrons. The molecule has 1 aromatic rings. The zero-order valence-corrected chi connectivity index (χ0v) is 11.1. The average Bonchev–Trinajstić information content (AvgIpc) is 2.86. The Hall–Kier alpha value is -0.810. The number of nitrogens with two attached hydrogens (primary N) is 1. The summed E-state index contributed by atoms with van der Waals surface area (Å²) in [5.41, 5.74) is 6.19. The third-order valence-electron chi connectivity index (χ3n) is 3.59. The van der Waals surface area contributed by atoms with Gasteiger partial charge in [-0.15, -0.1) is 11.8 Å². The molecule has 1 fully saturated rings. The normalized spacial score (nSPS) is 18.2. The summed E-state index contributed by atoms with van der Waals surface area (Å²) in [6, 6.07) is 1.99. The Balaban J connectivity index is 1.96. The maximum absolute atomic E-state index is 5.91. The highest BCUT2D eigenvalue weighted by Gasteiger charge is 2.32. The van der Waals surface area contributed by atoms with Gasteiger partial charge in [-0.05, 0) is 31.1 Å². The molecule has 1 aliphatic carbocycles. The highest BCUT2D eigenvalue weighted by molar-refractivity contribution is 7.98. The zero-order chi connectivity index (χ0) is 12.1. The maximum atomic E-state index is 5.91. The lowest BCUT2D eigenvalue weighted by atomic mass is 9.86. The van der Waals surface area contributed by atoms with E-state index in [1.165, 1.54) is 25.7 Å². The molecule has 0 aliphatic heterocycles. The van der Waals surface area contributed by atoms with E-state index in [1.807, 2.05) is 12.3 Å². The molecule has 17 heavy (non-hydrogen) atoms.